The highest BCUT2D eigenvalue weighted by molar-refractivity contribution is 6.03. The molecule has 8 aromatic carbocycles. The number of hydrogen-bond acceptors (Lipinski definition) is 6. The molecule has 61 heavy (non-hydrogen) atoms. The summed E-state index contributed by atoms with van der Waals surface area (Å²) in [6.45, 7) is 3.01. The maximum absolute atomic E-state index is 12.5. The Balaban J connectivity index is 0.697. The lowest BCUT2D eigenvalue weighted by Gasteiger charge is -2.11. The number of carbonyl (C=O) groups excluding carboxylic acids is 2. The van der Waals surface area contributed by atoms with Crippen LogP contribution >= 0.6 is 0 Å². The molecule has 8 rings (SSSR count). The number of fused-ring (bicyclic) bond motifs is 4. The Kier molecular flexibility index (Phi) is 13.4. The average Bonchev–Trinajstić information content (AvgIpc) is 3.30. The third-order valence-corrected chi connectivity index (χ3v) is 10.7. The number of benzene rings is 8. The van der Waals surface area contributed by atoms with E-state index in [1.807, 2.05) is 72.8 Å². The van der Waals surface area contributed by atoms with Gasteiger partial charge in [-0.1, -0.05) is 109 Å². The number of quaternary nitrogens is 1. The van der Waals surface area contributed by atoms with Crippen LogP contribution < -0.4 is 14.8 Å². The monoisotopic (exact) mass is 806 g/mol. The van der Waals surface area contributed by atoms with Crippen molar-refractivity contribution >= 4 is 55.0 Å². The average molecular weight is 807 g/mol. The van der Waals surface area contributed by atoms with Gasteiger partial charge in [0.1, 0.15) is 37.8 Å². The molecule has 0 atom stereocenters. The number of hydrogen-bond donors (Lipinski definition) is 1. The normalized spacial score (nSPS) is 11.5. The Morgan fingerprint density at radius 2 is 0.787 bits per heavy atom. The third-order valence-electron chi connectivity index (χ3n) is 10.7. The molecule has 0 aliphatic heterocycles. The van der Waals surface area contributed by atoms with Gasteiger partial charge < -0.3 is 24.3 Å². The lowest BCUT2D eigenvalue weighted by atomic mass is 9.97. The molecule has 0 fully saturated rings. The van der Waals surface area contributed by atoms with Gasteiger partial charge in [0.2, 0.25) is 0 Å². The van der Waals surface area contributed by atoms with E-state index in [2.05, 4.69) is 90.2 Å². The molecule has 0 bridgehead atoms. The SMILES string of the molecule is O=C(/C=C/CCOc1ccc(C[NH2+]Cc2ccc(OCC/C=C/C(=O)OCc3c4ccccc4cc4ccccc34)cc2)cc1)OCc1c2ccccc2cc2ccccc12. The lowest BCUT2D eigenvalue weighted by Crippen LogP contribution is -2.80. The van der Waals surface area contributed by atoms with Crippen LogP contribution in [0.5, 0.6) is 11.5 Å². The summed E-state index contributed by atoms with van der Waals surface area (Å²) in [5.41, 5.74) is 4.44. The highest BCUT2D eigenvalue weighted by Crippen LogP contribution is 2.30. The number of ether oxygens (including phenoxy) is 4. The third kappa shape index (κ3) is 10.7. The number of esters is 2. The largest absolute Gasteiger partial charge is 0.493 e. The fourth-order valence-corrected chi connectivity index (χ4v) is 7.61. The molecule has 0 spiro atoms. The van der Waals surface area contributed by atoms with Crippen LogP contribution in [-0.2, 0) is 45.4 Å². The Morgan fingerprint density at radius 3 is 1.15 bits per heavy atom. The van der Waals surface area contributed by atoms with Crippen LogP contribution in [0.4, 0.5) is 0 Å². The van der Waals surface area contributed by atoms with E-state index in [9.17, 15) is 9.59 Å². The summed E-state index contributed by atoms with van der Waals surface area (Å²) in [6, 6.07) is 53.3. The van der Waals surface area contributed by atoms with Gasteiger partial charge in [0.05, 0.1) is 13.2 Å². The minimum Gasteiger partial charge on any atom is -0.493 e. The zero-order valence-electron chi connectivity index (χ0n) is 34.0. The fourth-order valence-electron chi connectivity index (χ4n) is 7.61. The van der Waals surface area contributed by atoms with E-state index in [0.29, 0.717) is 26.1 Å². The standard InChI is InChI=1S/C54H47NO6/c56-53(60-37-51-47-17-5-1-13-41(47)33-42-14-2-6-18-48(42)51)21-9-11-31-58-45-27-23-39(24-28-45)35-55-36-40-25-29-46(30-26-40)59-32-12-10-22-54(57)61-38-52-49-19-7-3-15-43(49)34-44-16-4-8-20-50(44)52/h1-10,13-30,33-34,55H,11-12,31-32,35-38H2/p+1/b21-9+,22-10+. The second-order valence-electron chi connectivity index (χ2n) is 14.9. The molecule has 0 saturated heterocycles. The van der Waals surface area contributed by atoms with E-state index >= 15 is 0 Å². The molecule has 304 valence electrons. The number of rotatable bonds is 18. The molecule has 7 nitrogen and oxygen atoms in total. The highest BCUT2D eigenvalue weighted by atomic mass is 16.5. The van der Waals surface area contributed by atoms with Crippen molar-refractivity contribution in [3.8, 4) is 11.5 Å². The molecule has 0 unspecified atom stereocenters. The predicted octanol–water partition coefficient (Wildman–Crippen LogP) is 10.7. The van der Waals surface area contributed by atoms with E-state index in [0.717, 1.165) is 78.8 Å². The molecule has 0 aromatic heterocycles. The van der Waals surface area contributed by atoms with Crippen molar-refractivity contribution in [2.24, 2.45) is 0 Å². The zero-order valence-corrected chi connectivity index (χ0v) is 34.0. The molecule has 2 N–H and O–H groups in total. The molecule has 0 radical (unpaired) electrons. The first-order valence-corrected chi connectivity index (χ1v) is 20.8. The van der Waals surface area contributed by atoms with Gasteiger partial charge >= 0.3 is 11.9 Å². The first-order chi connectivity index (χ1) is 30.1. The van der Waals surface area contributed by atoms with Crippen LogP contribution in [0.15, 0.2) is 182 Å². The van der Waals surface area contributed by atoms with E-state index in [4.69, 9.17) is 18.9 Å². The molecule has 0 heterocycles. The van der Waals surface area contributed by atoms with Crippen molar-refractivity contribution in [3.63, 3.8) is 0 Å². The minimum atomic E-state index is -0.370. The van der Waals surface area contributed by atoms with Crippen molar-refractivity contribution in [1.82, 2.24) is 0 Å². The van der Waals surface area contributed by atoms with Gasteiger partial charge in [-0.3, -0.25) is 0 Å². The van der Waals surface area contributed by atoms with Crippen molar-refractivity contribution in [1.29, 1.82) is 0 Å². The highest BCUT2D eigenvalue weighted by Gasteiger charge is 2.11. The molecular weight excluding hydrogens is 759 g/mol. The molecule has 7 heteroatoms. The zero-order chi connectivity index (χ0) is 41.6. The van der Waals surface area contributed by atoms with Crippen LogP contribution in [0, 0.1) is 0 Å². The van der Waals surface area contributed by atoms with Crippen LogP contribution in [-0.4, -0.2) is 25.2 Å². The van der Waals surface area contributed by atoms with Crippen LogP contribution in [0.2, 0.25) is 0 Å². The Morgan fingerprint density at radius 1 is 0.443 bits per heavy atom. The van der Waals surface area contributed by atoms with Gasteiger partial charge in [-0.15, -0.1) is 0 Å². The van der Waals surface area contributed by atoms with E-state index in [1.165, 1.54) is 23.3 Å². The predicted molar refractivity (Wildman–Crippen MR) is 243 cm³/mol. The number of carbonyl (C=O) groups is 2. The quantitative estimate of drug-likeness (QED) is 0.0402. The molecule has 8 aromatic rings. The van der Waals surface area contributed by atoms with Crippen molar-refractivity contribution < 1.29 is 33.9 Å². The van der Waals surface area contributed by atoms with Gasteiger partial charge in [0.25, 0.3) is 0 Å². The second kappa shape index (κ2) is 20.2. The molecule has 0 aliphatic carbocycles. The summed E-state index contributed by atoms with van der Waals surface area (Å²) in [4.78, 5) is 25.1. The summed E-state index contributed by atoms with van der Waals surface area (Å²) in [7, 11) is 0. The Bertz CT molecular complexity index is 2520. The summed E-state index contributed by atoms with van der Waals surface area (Å²) in [5.74, 6) is 0.842. The Labute approximate surface area is 355 Å². The molecule has 0 saturated carbocycles. The van der Waals surface area contributed by atoms with Gasteiger partial charge in [0.15, 0.2) is 0 Å². The van der Waals surface area contributed by atoms with Crippen molar-refractivity contribution in [2.75, 3.05) is 13.2 Å². The second-order valence-corrected chi connectivity index (χ2v) is 14.9. The lowest BCUT2D eigenvalue weighted by molar-refractivity contribution is -0.686. The van der Waals surface area contributed by atoms with Crippen LogP contribution in [0.3, 0.4) is 0 Å². The summed E-state index contributed by atoms with van der Waals surface area (Å²) in [6.07, 6.45) is 7.72. The fraction of sp³-hybridized carbons (Fsp3) is 0.148. The first-order valence-electron chi connectivity index (χ1n) is 20.8. The van der Waals surface area contributed by atoms with E-state index in [1.54, 1.807) is 12.2 Å². The first kappa shape index (κ1) is 40.6. The summed E-state index contributed by atoms with van der Waals surface area (Å²) >= 11 is 0. The maximum atomic E-state index is 12.5. The van der Waals surface area contributed by atoms with Crippen LogP contribution in [0.25, 0.3) is 43.1 Å². The summed E-state index contributed by atoms with van der Waals surface area (Å²) in [5, 5.41) is 11.1. The Hall–Kier alpha value is -7.22. The maximum Gasteiger partial charge on any atom is 0.330 e. The van der Waals surface area contributed by atoms with Gasteiger partial charge in [-0.05, 0) is 117 Å². The van der Waals surface area contributed by atoms with E-state index < -0.39 is 0 Å². The minimum absolute atomic E-state index is 0.210. The van der Waals surface area contributed by atoms with Crippen molar-refractivity contribution in [3.05, 3.63) is 204 Å². The smallest absolute Gasteiger partial charge is 0.330 e. The molecular formula is C54H48NO6+. The van der Waals surface area contributed by atoms with Gasteiger partial charge in [-0.25, -0.2) is 9.59 Å². The molecule has 0 aliphatic rings. The van der Waals surface area contributed by atoms with Gasteiger partial charge in [0, 0.05) is 34.4 Å². The molecule has 0 amide bonds. The van der Waals surface area contributed by atoms with Crippen molar-refractivity contribution in [2.45, 2.75) is 39.1 Å². The summed E-state index contributed by atoms with van der Waals surface area (Å²) < 4.78 is 23.1. The van der Waals surface area contributed by atoms with E-state index in [-0.39, 0.29) is 25.2 Å². The topological polar surface area (TPSA) is 87.7 Å². The van der Waals surface area contributed by atoms with Crippen LogP contribution in [0.1, 0.15) is 35.1 Å². The van der Waals surface area contributed by atoms with Gasteiger partial charge in [-0.2, -0.15) is 0 Å². The number of nitrogens with two attached hydrogens (primary N) is 1.